The van der Waals surface area contributed by atoms with E-state index in [1.807, 2.05) is 13.1 Å². The van der Waals surface area contributed by atoms with Gasteiger partial charge < -0.3 is 15.0 Å². The van der Waals surface area contributed by atoms with E-state index < -0.39 is 0 Å². The Morgan fingerprint density at radius 2 is 2.07 bits per heavy atom. The van der Waals surface area contributed by atoms with Gasteiger partial charge in [-0.25, -0.2) is 4.39 Å². The van der Waals surface area contributed by atoms with Gasteiger partial charge in [-0.1, -0.05) is 37.3 Å². The lowest BCUT2D eigenvalue weighted by molar-refractivity contribution is -0.122. The fourth-order valence-electron chi connectivity index (χ4n) is 4.44. The number of carbonyl (C=O) groups is 1. The van der Waals surface area contributed by atoms with Crippen LogP contribution in [0.3, 0.4) is 0 Å². The number of para-hydroxylation sites is 1. The highest BCUT2D eigenvalue weighted by Gasteiger charge is 2.30. The number of aryl methyl sites for hydroxylation is 1. The van der Waals surface area contributed by atoms with E-state index >= 15 is 0 Å². The van der Waals surface area contributed by atoms with Gasteiger partial charge in [-0.2, -0.15) is 0 Å². The highest BCUT2D eigenvalue weighted by Crippen LogP contribution is 2.35. The number of benzene rings is 2. The third kappa shape index (κ3) is 4.26. The molecule has 2 aromatic carbocycles. The van der Waals surface area contributed by atoms with Crippen molar-refractivity contribution in [1.82, 2.24) is 10.3 Å². The topological polar surface area (TPSA) is 54.1 Å². The standard InChI is InChI=1S/C25H29FN2O2/c1-3-17-6-4-7-20-22(15-27-24(17)20)21(18-8-10-19(26)11-9-18)14-23(29)28-16-25(2)12-5-13-30-25/h4,6-11,15,21,27H,3,5,12-14,16H2,1-2H3,(H,28,29)/t21-,25+/m1/s1. The van der Waals surface area contributed by atoms with Crippen LogP contribution >= 0.6 is 0 Å². The van der Waals surface area contributed by atoms with E-state index in [9.17, 15) is 9.18 Å². The van der Waals surface area contributed by atoms with E-state index in [4.69, 9.17) is 4.74 Å². The summed E-state index contributed by atoms with van der Waals surface area (Å²) in [6, 6.07) is 12.7. The summed E-state index contributed by atoms with van der Waals surface area (Å²) in [6.45, 7) is 5.44. The second-order valence-corrected chi connectivity index (χ2v) is 8.42. The van der Waals surface area contributed by atoms with E-state index in [1.54, 1.807) is 12.1 Å². The Bertz CT molecular complexity index is 1020. The van der Waals surface area contributed by atoms with Crippen LogP contribution in [-0.4, -0.2) is 29.6 Å². The molecule has 2 N–H and O–H groups in total. The third-order valence-electron chi connectivity index (χ3n) is 6.21. The summed E-state index contributed by atoms with van der Waals surface area (Å²) >= 11 is 0. The Hall–Kier alpha value is -2.66. The molecule has 0 radical (unpaired) electrons. The number of halogens is 1. The minimum Gasteiger partial charge on any atom is -0.373 e. The van der Waals surface area contributed by atoms with Crippen molar-refractivity contribution in [3.8, 4) is 0 Å². The lowest BCUT2D eigenvalue weighted by Crippen LogP contribution is -2.40. The summed E-state index contributed by atoms with van der Waals surface area (Å²) in [7, 11) is 0. The fourth-order valence-corrected chi connectivity index (χ4v) is 4.44. The number of carbonyl (C=O) groups excluding carboxylic acids is 1. The molecule has 1 saturated heterocycles. The van der Waals surface area contributed by atoms with Crippen molar-refractivity contribution in [2.75, 3.05) is 13.2 Å². The van der Waals surface area contributed by atoms with Crippen molar-refractivity contribution in [3.63, 3.8) is 0 Å². The molecule has 0 spiro atoms. The minimum absolute atomic E-state index is 0.0259. The monoisotopic (exact) mass is 408 g/mol. The molecule has 4 rings (SSSR count). The molecule has 3 aromatic rings. The molecule has 1 amide bonds. The smallest absolute Gasteiger partial charge is 0.221 e. The molecule has 0 saturated carbocycles. The van der Waals surface area contributed by atoms with E-state index in [2.05, 4.69) is 35.4 Å². The van der Waals surface area contributed by atoms with E-state index in [-0.39, 0.29) is 23.2 Å². The lowest BCUT2D eigenvalue weighted by atomic mass is 9.87. The largest absolute Gasteiger partial charge is 0.373 e. The van der Waals surface area contributed by atoms with E-state index in [0.717, 1.165) is 47.9 Å². The molecule has 1 aromatic heterocycles. The number of H-pyrrole nitrogens is 1. The molecular formula is C25H29FN2O2. The number of nitrogens with one attached hydrogen (secondary N) is 2. The van der Waals surface area contributed by atoms with Crippen LogP contribution in [0.1, 0.15) is 55.7 Å². The minimum atomic E-state index is -0.280. The van der Waals surface area contributed by atoms with Crippen molar-refractivity contribution < 1.29 is 13.9 Å². The van der Waals surface area contributed by atoms with Gasteiger partial charge in [-0.05, 0) is 55.0 Å². The summed E-state index contributed by atoms with van der Waals surface area (Å²) in [6.07, 6.45) is 5.20. The molecule has 1 fully saturated rings. The maximum atomic E-state index is 13.5. The summed E-state index contributed by atoms with van der Waals surface area (Å²) in [5, 5.41) is 4.17. The molecule has 2 heterocycles. The Labute approximate surface area is 176 Å². The Morgan fingerprint density at radius 3 is 2.77 bits per heavy atom. The zero-order valence-electron chi connectivity index (χ0n) is 17.6. The summed E-state index contributed by atoms with van der Waals surface area (Å²) in [4.78, 5) is 16.3. The second kappa shape index (κ2) is 8.60. The van der Waals surface area contributed by atoms with Crippen molar-refractivity contribution in [3.05, 3.63) is 71.2 Å². The molecule has 0 unspecified atom stereocenters. The number of aromatic nitrogens is 1. The summed E-state index contributed by atoms with van der Waals surface area (Å²) in [5.41, 5.74) is 4.06. The van der Waals surface area contributed by atoms with E-state index in [1.165, 1.54) is 17.7 Å². The average Bonchev–Trinajstić information content (AvgIpc) is 3.38. The van der Waals surface area contributed by atoms with Gasteiger partial charge >= 0.3 is 0 Å². The number of ether oxygens (including phenoxy) is 1. The zero-order valence-corrected chi connectivity index (χ0v) is 17.6. The molecule has 5 heteroatoms. The Morgan fingerprint density at radius 1 is 1.27 bits per heavy atom. The van der Waals surface area contributed by atoms with Crippen LogP contribution in [0.4, 0.5) is 4.39 Å². The summed E-state index contributed by atoms with van der Waals surface area (Å²) in [5.74, 6) is -0.466. The van der Waals surface area contributed by atoms with Crippen LogP contribution in [0.5, 0.6) is 0 Å². The van der Waals surface area contributed by atoms with Crippen LogP contribution in [0.25, 0.3) is 10.9 Å². The molecule has 2 atom stereocenters. The van der Waals surface area contributed by atoms with Gasteiger partial charge in [-0.15, -0.1) is 0 Å². The van der Waals surface area contributed by atoms with Crippen molar-refractivity contribution >= 4 is 16.8 Å². The number of amides is 1. The van der Waals surface area contributed by atoms with Gasteiger partial charge in [0.05, 0.1) is 5.60 Å². The predicted molar refractivity (Wildman–Crippen MR) is 117 cm³/mol. The molecular weight excluding hydrogens is 379 g/mol. The molecule has 1 aliphatic heterocycles. The number of aromatic amines is 1. The third-order valence-corrected chi connectivity index (χ3v) is 6.21. The van der Waals surface area contributed by atoms with Gasteiger partial charge in [0, 0.05) is 42.6 Å². The molecule has 0 bridgehead atoms. The quantitative estimate of drug-likeness (QED) is 0.573. The number of rotatable bonds is 7. The van der Waals surface area contributed by atoms with Gasteiger partial charge in [0.2, 0.25) is 5.91 Å². The number of hydrogen-bond donors (Lipinski definition) is 2. The highest BCUT2D eigenvalue weighted by atomic mass is 19.1. The van der Waals surface area contributed by atoms with Gasteiger partial charge in [0.1, 0.15) is 5.82 Å². The first kappa shape index (κ1) is 20.6. The Balaban J connectivity index is 1.62. The average molecular weight is 409 g/mol. The second-order valence-electron chi connectivity index (χ2n) is 8.42. The predicted octanol–water partition coefficient (Wildman–Crippen LogP) is 5.08. The van der Waals surface area contributed by atoms with Crippen LogP contribution < -0.4 is 5.32 Å². The van der Waals surface area contributed by atoms with Crippen molar-refractivity contribution in [1.29, 1.82) is 0 Å². The van der Waals surface area contributed by atoms with Gasteiger partial charge in [0.25, 0.3) is 0 Å². The SMILES string of the molecule is CCc1cccc2c([C@H](CC(=O)NC[C@]3(C)CCCO3)c3ccc(F)cc3)c[nH]c12. The van der Waals surface area contributed by atoms with Crippen LogP contribution in [0.2, 0.25) is 0 Å². The van der Waals surface area contributed by atoms with Gasteiger partial charge in [-0.3, -0.25) is 4.79 Å². The van der Waals surface area contributed by atoms with Crippen LogP contribution in [0, 0.1) is 5.82 Å². The normalized spacial score (nSPS) is 19.8. The lowest BCUT2D eigenvalue weighted by Gasteiger charge is -2.24. The van der Waals surface area contributed by atoms with Crippen LogP contribution in [0.15, 0.2) is 48.7 Å². The number of hydrogen-bond acceptors (Lipinski definition) is 2. The maximum absolute atomic E-state index is 13.5. The fraction of sp³-hybridized carbons (Fsp3) is 0.400. The highest BCUT2D eigenvalue weighted by molar-refractivity contribution is 5.88. The first-order valence-electron chi connectivity index (χ1n) is 10.7. The maximum Gasteiger partial charge on any atom is 0.221 e. The van der Waals surface area contributed by atoms with E-state index in [0.29, 0.717) is 13.0 Å². The van der Waals surface area contributed by atoms with Crippen molar-refractivity contribution in [2.45, 2.75) is 51.0 Å². The molecule has 1 aliphatic rings. The first-order chi connectivity index (χ1) is 14.5. The molecule has 0 aliphatic carbocycles. The number of fused-ring (bicyclic) bond motifs is 1. The molecule has 158 valence electrons. The Kier molecular flexibility index (Phi) is 5.91. The summed E-state index contributed by atoms with van der Waals surface area (Å²) < 4.78 is 19.3. The molecule has 30 heavy (non-hydrogen) atoms. The van der Waals surface area contributed by atoms with Crippen molar-refractivity contribution in [2.24, 2.45) is 0 Å². The zero-order chi connectivity index (χ0) is 21.1. The first-order valence-corrected chi connectivity index (χ1v) is 10.7. The van der Waals surface area contributed by atoms with Crippen LogP contribution in [-0.2, 0) is 16.0 Å². The van der Waals surface area contributed by atoms with Gasteiger partial charge in [0.15, 0.2) is 0 Å². The molecule has 4 nitrogen and oxygen atoms in total.